The molecule has 2 fully saturated rings. The maximum Gasteiger partial charge on any atom is 0.0468 e. The van der Waals surface area contributed by atoms with Gasteiger partial charge >= 0.3 is 0 Å². The third-order valence-electron chi connectivity index (χ3n) is 5.03. The van der Waals surface area contributed by atoms with E-state index in [1.807, 2.05) is 0 Å². The van der Waals surface area contributed by atoms with Gasteiger partial charge < -0.3 is 10.1 Å². The van der Waals surface area contributed by atoms with Gasteiger partial charge in [-0.15, -0.1) is 0 Å². The molecule has 1 N–H and O–H groups in total. The summed E-state index contributed by atoms with van der Waals surface area (Å²) in [6.07, 6.45) is 10.9. The van der Waals surface area contributed by atoms with Crippen molar-refractivity contribution in [3.8, 4) is 0 Å². The van der Waals surface area contributed by atoms with Crippen molar-refractivity contribution in [1.29, 1.82) is 0 Å². The lowest BCUT2D eigenvalue weighted by molar-refractivity contribution is 0.0631. The van der Waals surface area contributed by atoms with Gasteiger partial charge in [0.2, 0.25) is 0 Å². The van der Waals surface area contributed by atoms with E-state index < -0.39 is 0 Å². The first kappa shape index (κ1) is 14.3. The predicted molar refractivity (Wildman–Crippen MR) is 76.8 cm³/mol. The zero-order valence-corrected chi connectivity index (χ0v) is 12.3. The Kier molecular flexibility index (Phi) is 5.50. The van der Waals surface area contributed by atoms with Crippen LogP contribution in [0.5, 0.6) is 0 Å². The molecule has 1 saturated heterocycles. The van der Waals surface area contributed by atoms with Crippen molar-refractivity contribution in [2.75, 3.05) is 19.8 Å². The minimum atomic E-state index is 0.528. The van der Waals surface area contributed by atoms with Gasteiger partial charge in [-0.05, 0) is 50.0 Å². The Labute approximate surface area is 113 Å². The van der Waals surface area contributed by atoms with Gasteiger partial charge in [0.1, 0.15) is 0 Å². The molecule has 18 heavy (non-hydrogen) atoms. The highest BCUT2D eigenvalue weighted by molar-refractivity contribution is 4.89. The van der Waals surface area contributed by atoms with Crippen LogP contribution in [0.25, 0.3) is 0 Å². The summed E-state index contributed by atoms with van der Waals surface area (Å²) in [7, 11) is 0. The molecule has 1 unspecified atom stereocenters. The maximum absolute atomic E-state index is 5.41. The van der Waals surface area contributed by atoms with E-state index >= 15 is 0 Å². The number of unbranched alkanes of at least 4 members (excludes halogenated alkanes) is 1. The van der Waals surface area contributed by atoms with Crippen LogP contribution >= 0.6 is 0 Å². The molecule has 0 radical (unpaired) electrons. The average molecular weight is 253 g/mol. The Hall–Kier alpha value is -0.0800. The fourth-order valence-corrected chi connectivity index (χ4v) is 3.57. The zero-order valence-electron chi connectivity index (χ0n) is 12.3. The highest BCUT2D eigenvalue weighted by Crippen LogP contribution is 2.37. The van der Waals surface area contributed by atoms with Gasteiger partial charge in [0.15, 0.2) is 0 Å². The van der Waals surface area contributed by atoms with E-state index in [2.05, 4.69) is 19.2 Å². The normalized spacial score (nSPS) is 28.7. The third-order valence-corrected chi connectivity index (χ3v) is 5.03. The molecule has 2 heteroatoms. The molecule has 106 valence electrons. The molecule has 1 aliphatic heterocycles. The van der Waals surface area contributed by atoms with Crippen LogP contribution in [0, 0.1) is 11.3 Å². The van der Waals surface area contributed by atoms with Crippen LogP contribution in [0.1, 0.15) is 65.2 Å². The second-order valence-corrected chi connectivity index (χ2v) is 6.94. The van der Waals surface area contributed by atoms with Gasteiger partial charge in [0, 0.05) is 19.3 Å². The summed E-state index contributed by atoms with van der Waals surface area (Å²) in [6, 6.07) is 0.764. The SMILES string of the molecule is CC1(C)CCCC1NCCCCC1CCOCC1. The minimum absolute atomic E-state index is 0.528. The van der Waals surface area contributed by atoms with Crippen LogP contribution < -0.4 is 5.32 Å². The Morgan fingerprint density at radius 1 is 1.11 bits per heavy atom. The highest BCUT2D eigenvalue weighted by atomic mass is 16.5. The monoisotopic (exact) mass is 253 g/mol. The molecule has 1 heterocycles. The van der Waals surface area contributed by atoms with E-state index in [1.54, 1.807) is 0 Å². The average Bonchev–Trinajstić information content (AvgIpc) is 2.70. The van der Waals surface area contributed by atoms with Crippen molar-refractivity contribution in [1.82, 2.24) is 5.32 Å². The van der Waals surface area contributed by atoms with Gasteiger partial charge in [-0.1, -0.05) is 33.1 Å². The first-order valence-corrected chi connectivity index (χ1v) is 7.99. The maximum atomic E-state index is 5.41. The molecule has 0 aromatic carbocycles. The van der Waals surface area contributed by atoms with E-state index in [-0.39, 0.29) is 0 Å². The molecule has 1 saturated carbocycles. The first-order valence-electron chi connectivity index (χ1n) is 7.99. The largest absolute Gasteiger partial charge is 0.381 e. The van der Waals surface area contributed by atoms with Gasteiger partial charge in [-0.2, -0.15) is 0 Å². The summed E-state index contributed by atoms with van der Waals surface area (Å²) >= 11 is 0. The lowest BCUT2D eigenvalue weighted by Gasteiger charge is -2.28. The standard InChI is InChI=1S/C16H31NO/c1-16(2)10-5-7-15(16)17-11-4-3-6-14-8-12-18-13-9-14/h14-15,17H,3-13H2,1-2H3. The second-order valence-electron chi connectivity index (χ2n) is 6.94. The van der Waals surface area contributed by atoms with Crippen molar-refractivity contribution in [3.05, 3.63) is 0 Å². The summed E-state index contributed by atoms with van der Waals surface area (Å²) in [6.45, 7) is 8.05. The van der Waals surface area contributed by atoms with E-state index in [1.165, 1.54) is 57.9 Å². The Morgan fingerprint density at radius 3 is 2.56 bits per heavy atom. The van der Waals surface area contributed by atoms with Crippen LogP contribution in [-0.2, 0) is 4.74 Å². The molecular weight excluding hydrogens is 222 g/mol. The Morgan fingerprint density at radius 2 is 1.89 bits per heavy atom. The summed E-state index contributed by atoms with van der Waals surface area (Å²) in [5.41, 5.74) is 0.528. The molecule has 0 spiro atoms. The summed E-state index contributed by atoms with van der Waals surface area (Å²) in [5, 5.41) is 3.78. The van der Waals surface area contributed by atoms with E-state index in [0.717, 1.165) is 25.2 Å². The smallest absolute Gasteiger partial charge is 0.0468 e. The van der Waals surface area contributed by atoms with Gasteiger partial charge in [0.25, 0.3) is 0 Å². The van der Waals surface area contributed by atoms with Crippen LogP contribution in [0.3, 0.4) is 0 Å². The number of rotatable bonds is 6. The van der Waals surface area contributed by atoms with Crippen LogP contribution in [-0.4, -0.2) is 25.8 Å². The summed E-state index contributed by atoms with van der Waals surface area (Å²) in [5.74, 6) is 0.946. The first-order chi connectivity index (χ1) is 8.68. The summed E-state index contributed by atoms with van der Waals surface area (Å²) in [4.78, 5) is 0. The number of ether oxygens (including phenoxy) is 1. The Balaban J connectivity index is 1.51. The van der Waals surface area contributed by atoms with Crippen molar-refractivity contribution >= 4 is 0 Å². The number of nitrogens with one attached hydrogen (secondary N) is 1. The lowest BCUT2D eigenvalue weighted by atomic mass is 9.87. The third kappa shape index (κ3) is 4.24. The van der Waals surface area contributed by atoms with Crippen LogP contribution in [0.4, 0.5) is 0 Å². The van der Waals surface area contributed by atoms with Gasteiger partial charge in [-0.3, -0.25) is 0 Å². The molecule has 1 atom stereocenters. The van der Waals surface area contributed by atoms with Crippen molar-refractivity contribution < 1.29 is 4.74 Å². The molecule has 0 amide bonds. The van der Waals surface area contributed by atoms with Gasteiger partial charge in [0.05, 0.1) is 0 Å². The molecule has 0 aromatic rings. The number of hydrogen-bond acceptors (Lipinski definition) is 2. The highest BCUT2D eigenvalue weighted by Gasteiger charge is 2.33. The lowest BCUT2D eigenvalue weighted by Crippen LogP contribution is -2.38. The minimum Gasteiger partial charge on any atom is -0.381 e. The molecular formula is C16H31NO. The van der Waals surface area contributed by atoms with Crippen molar-refractivity contribution in [2.45, 2.75) is 71.3 Å². The topological polar surface area (TPSA) is 21.3 Å². The number of hydrogen-bond donors (Lipinski definition) is 1. The zero-order chi connectivity index (χ0) is 12.8. The van der Waals surface area contributed by atoms with Crippen LogP contribution in [0.2, 0.25) is 0 Å². The van der Waals surface area contributed by atoms with E-state index in [4.69, 9.17) is 4.74 Å². The van der Waals surface area contributed by atoms with Crippen LogP contribution in [0.15, 0.2) is 0 Å². The second kappa shape index (κ2) is 6.91. The quantitative estimate of drug-likeness (QED) is 0.728. The molecule has 2 aliphatic rings. The molecule has 0 aromatic heterocycles. The Bertz CT molecular complexity index is 233. The van der Waals surface area contributed by atoms with Gasteiger partial charge in [-0.25, -0.2) is 0 Å². The van der Waals surface area contributed by atoms with Crippen molar-refractivity contribution in [3.63, 3.8) is 0 Å². The van der Waals surface area contributed by atoms with E-state index in [0.29, 0.717) is 5.41 Å². The summed E-state index contributed by atoms with van der Waals surface area (Å²) < 4.78 is 5.41. The fourth-order valence-electron chi connectivity index (χ4n) is 3.57. The fraction of sp³-hybridized carbons (Fsp3) is 1.00. The predicted octanol–water partition coefficient (Wildman–Crippen LogP) is 3.75. The molecule has 0 bridgehead atoms. The van der Waals surface area contributed by atoms with Crippen molar-refractivity contribution in [2.24, 2.45) is 11.3 Å². The molecule has 2 nitrogen and oxygen atoms in total. The molecule has 2 rings (SSSR count). The molecule has 1 aliphatic carbocycles. The van der Waals surface area contributed by atoms with E-state index in [9.17, 15) is 0 Å².